The van der Waals surface area contributed by atoms with Crippen LogP contribution in [0.5, 0.6) is 0 Å². The van der Waals surface area contributed by atoms with E-state index in [2.05, 4.69) is 50.0 Å². The number of hydrogen-bond acceptors (Lipinski definition) is 5. The predicted molar refractivity (Wildman–Crippen MR) is 113 cm³/mol. The van der Waals surface area contributed by atoms with E-state index >= 15 is 0 Å². The Morgan fingerprint density at radius 1 is 1.16 bits per heavy atom. The van der Waals surface area contributed by atoms with Gasteiger partial charge in [-0.25, -0.2) is 4.98 Å². The summed E-state index contributed by atoms with van der Waals surface area (Å²) in [5, 5.41) is 7.33. The molecule has 0 saturated heterocycles. The Morgan fingerprint density at radius 3 is 2.84 bits per heavy atom. The summed E-state index contributed by atoms with van der Waals surface area (Å²) >= 11 is 0. The maximum atomic E-state index is 13.5. The summed E-state index contributed by atoms with van der Waals surface area (Å²) in [7, 11) is 0. The topological polar surface area (TPSA) is 67.5 Å². The SMILES string of the molecule is CC1(c2ccnc(-c3cn(C[C@H]4CCCc5ccccc54)cn3)c2)N=NNC1C(F)(F)F. The maximum absolute atomic E-state index is 13.5. The molecule has 166 valence electrons. The van der Waals surface area contributed by atoms with Crippen molar-refractivity contribution in [2.75, 3.05) is 0 Å². The van der Waals surface area contributed by atoms with Gasteiger partial charge >= 0.3 is 6.18 Å². The Balaban J connectivity index is 1.40. The van der Waals surface area contributed by atoms with Crippen LogP contribution in [0.25, 0.3) is 11.4 Å². The first-order valence-corrected chi connectivity index (χ1v) is 10.7. The molecule has 32 heavy (non-hydrogen) atoms. The molecule has 0 amide bonds. The zero-order valence-corrected chi connectivity index (χ0v) is 17.5. The molecule has 5 rings (SSSR count). The molecule has 0 saturated carbocycles. The van der Waals surface area contributed by atoms with Crippen molar-refractivity contribution in [1.82, 2.24) is 20.0 Å². The van der Waals surface area contributed by atoms with Gasteiger partial charge in [0.05, 0.1) is 12.0 Å². The molecule has 3 atom stereocenters. The number of aryl methyl sites for hydroxylation is 1. The molecule has 0 spiro atoms. The van der Waals surface area contributed by atoms with Gasteiger partial charge in [-0.2, -0.15) is 18.3 Å². The van der Waals surface area contributed by atoms with E-state index in [9.17, 15) is 13.2 Å². The standard InChI is InChI=1S/C23H23F3N6/c1-22(21(23(24,25)26)29-31-30-22)17-9-10-27-19(11-17)20-13-32(14-28-20)12-16-7-4-6-15-5-2-3-8-18(15)16/h2-3,5,8-11,13-14,16,21H,4,6-7,12H2,1H3,(H,29,30)/t16-,21?,22?/m1/s1. The monoisotopic (exact) mass is 440 g/mol. The Bertz CT molecular complexity index is 1150. The average molecular weight is 440 g/mol. The van der Waals surface area contributed by atoms with Crippen molar-refractivity contribution >= 4 is 0 Å². The highest BCUT2D eigenvalue weighted by Crippen LogP contribution is 2.41. The smallest absolute Gasteiger partial charge is 0.336 e. The minimum Gasteiger partial charge on any atom is -0.336 e. The van der Waals surface area contributed by atoms with Gasteiger partial charge < -0.3 is 4.57 Å². The molecule has 0 radical (unpaired) electrons. The summed E-state index contributed by atoms with van der Waals surface area (Å²) in [6.45, 7) is 2.22. The summed E-state index contributed by atoms with van der Waals surface area (Å²) in [5.74, 6) is 0.415. The van der Waals surface area contributed by atoms with Crippen molar-refractivity contribution in [3.63, 3.8) is 0 Å². The number of aromatic nitrogens is 3. The van der Waals surface area contributed by atoms with E-state index in [4.69, 9.17) is 0 Å². The van der Waals surface area contributed by atoms with Crippen LogP contribution in [0.3, 0.4) is 0 Å². The molecule has 2 unspecified atom stereocenters. The third kappa shape index (κ3) is 3.65. The third-order valence-corrected chi connectivity index (χ3v) is 6.50. The van der Waals surface area contributed by atoms with Crippen molar-refractivity contribution in [3.05, 3.63) is 71.8 Å². The largest absolute Gasteiger partial charge is 0.412 e. The van der Waals surface area contributed by atoms with E-state index in [-0.39, 0.29) is 0 Å². The molecule has 1 aliphatic carbocycles. The lowest BCUT2D eigenvalue weighted by Crippen LogP contribution is -2.49. The van der Waals surface area contributed by atoms with Crippen molar-refractivity contribution in [2.45, 2.75) is 56.4 Å². The van der Waals surface area contributed by atoms with E-state index in [1.165, 1.54) is 24.2 Å². The zero-order chi connectivity index (χ0) is 22.3. The highest BCUT2D eigenvalue weighted by atomic mass is 19.4. The fourth-order valence-electron chi connectivity index (χ4n) is 4.77. The summed E-state index contributed by atoms with van der Waals surface area (Å²) in [5.41, 5.74) is 4.84. The van der Waals surface area contributed by atoms with Gasteiger partial charge in [0.25, 0.3) is 0 Å². The van der Waals surface area contributed by atoms with Crippen LogP contribution in [0.1, 0.15) is 42.4 Å². The minimum atomic E-state index is -4.49. The van der Waals surface area contributed by atoms with Crippen LogP contribution < -0.4 is 5.43 Å². The molecular weight excluding hydrogens is 417 g/mol. The number of benzene rings is 1. The quantitative estimate of drug-likeness (QED) is 0.608. The highest BCUT2D eigenvalue weighted by molar-refractivity contribution is 5.55. The van der Waals surface area contributed by atoms with Crippen LogP contribution in [-0.2, 0) is 18.5 Å². The van der Waals surface area contributed by atoms with E-state index in [1.807, 2.05) is 10.8 Å². The van der Waals surface area contributed by atoms with Gasteiger partial charge in [0, 0.05) is 24.9 Å². The second-order valence-corrected chi connectivity index (χ2v) is 8.62. The van der Waals surface area contributed by atoms with Crippen LogP contribution in [0.4, 0.5) is 13.2 Å². The molecule has 0 bridgehead atoms. The number of pyridine rings is 1. The minimum absolute atomic E-state index is 0.384. The van der Waals surface area contributed by atoms with Gasteiger partial charge in [0.15, 0.2) is 6.04 Å². The van der Waals surface area contributed by atoms with E-state index in [0.29, 0.717) is 22.9 Å². The van der Waals surface area contributed by atoms with E-state index in [0.717, 1.165) is 25.8 Å². The lowest BCUT2D eigenvalue weighted by molar-refractivity contribution is -0.165. The second-order valence-electron chi connectivity index (χ2n) is 8.62. The van der Waals surface area contributed by atoms with Crippen LogP contribution in [0.15, 0.2) is 65.5 Å². The number of rotatable bonds is 4. The Kier molecular flexibility index (Phi) is 4.98. The van der Waals surface area contributed by atoms with Gasteiger partial charge in [0.2, 0.25) is 0 Å². The number of alkyl halides is 3. The van der Waals surface area contributed by atoms with Gasteiger partial charge in [-0.1, -0.05) is 29.5 Å². The first kappa shape index (κ1) is 20.7. The Hall–Kier alpha value is -3.23. The molecule has 6 nitrogen and oxygen atoms in total. The molecule has 1 aliphatic heterocycles. The lowest BCUT2D eigenvalue weighted by Gasteiger charge is -2.29. The molecule has 2 aliphatic rings. The third-order valence-electron chi connectivity index (χ3n) is 6.50. The number of nitrogens with zero attached hydrogens (tertiary/aromatic N) is 5. The van der Waals surface area contributed by atoms with E-state index < -0.39 is 17.8 Å². The number of fused-ring (bicyclic) bond motifs is 1. The van der Waals surface area contributed by atoms with Gasteiger partial charge in [-0.15, -0.1) is 0 Å². The summed E-state index contributed by atoms with van der Waals surface area (Å²) in [6.07, 6.45) is 4.07. The molecule has 3 heterocycles. The number of nitrogens with one attached hydrogen (secondary N) is 1. The van der Waals surface area contributed by atoms with Crippen LogP contribution in [0, 0.1) is 0 Å². The van der Waals surface area contributed by atoms with Crippen LogP contribution in [0.2, 0.25) is 0 Å². The number of imidazole rings is 1. The van der Waals surface area contributed by atoms with Gasteiger partial charge in [-0.05, 0) is 55.0 Å². The van der Waals surface area contributed by atoms with Crippen LogP contribution >= 0.6 is 0 Å². The van der Waals surface area contributed by atoms with Gasteiger partial charge in [-0.3, -0.25) is 10.4 Å². The fourth-order valence-corrected chi connectivity index (χ4v) is 4.77. The lowest BCUT2D eigenvalue weighted by atomic mass is 9.83. The average Bonchev–Trinajstić information content (AvgIpc) is 3.41. The first-order chi connectivity index (χ1) is 15.3. The molecule has 1 N–H and O–H groups in total. The summed E-state index contributed by atoms with van der Waals surface area (Å²) < 4.78 is 42.5. The molecular formula is C23H23F3N6. The van der Waals surface area contributed by atoms with Crippen LogP contribution in [-0.4, -0.2) is 26.8 Å². The normalized spacial score (nSPS) is 24.9. The van der Waals surface area contributed by atoms with E-state index in [1.54, 1.807) is 18.5 Å². The molecule has 2 aromatic heterocycles. The molecule has 3 aromatic rings. The Labute approximate surface area is 183 Å². The van der Waals surface area contributed by atoms with Crippen molar-refractivity contribution < 1.29 is 13.2 Å². The van der Waals surface area contributed by atoms with Crippen molar-refractivity contribution in [1.29, 1.82) is 0 Å². The molecule has 1 aromatic carbocycles. The Morgan fingerprint density at radius 2 is 2.00 bits per heavy atom. The number of halogens is 3. The fraction of sp³-hybridized carbons (Fsp3) is 0.391. The second kappa shape index (κ2) is 7.72. The zero-order valence-electron chi connectivity index (χ0n) is 17.5. The summed E-state index contributed by atoms with van der Waals surface area (Å²) in [4.78, 5) is 8.82. The molecule has 9 heteroatoms. The maximum Gasteiger partial charge on any atom is 0.412 e. The predicted octanol–water partition coefficient (Wildman–Crippen LogP) is 5.18. The van der Waals surface area contributed by atoms with Gasteiger partial charge in [0.1, 0.15) is 11.2 Å². The summed E-state index contributed by atoms with van der Waals surface area (Å²) in [6, 6.07) is 9.82. The number of hydrogen-bond donors (Lipinski definition) is 1. The molecule has 0 fully saturated rings. The highest BCUT2D eigenvalue weighted by Gasteiger charge is 2.55. The first-order valence-electron chi connectivity index (χ1n) is 10.7. The van der Waals surface area contributed by atoms with Crippen molar-refractivity contribution in [2.24, 2.45) is 10.3 Å². The van der Waals surface area contributed by atoms with Crippen molar-refractivity contribution in [3.8, 4) is 11.4 Å².